The van der Waals surface area contributed by atoms with E-state index >= 15 is 0 Å². The van der Waals surface area contributed by atoms with Crippen molar-refractivity contribution in [2.45, 2.75) is 45.1 Å². The van der Waals surface area contributed by atoms with Crippen LogP contribution in [0, 0.1) is 0 Å². The molecule has 3 heterocycles. The Labute approximate surface area is 178 Å². The number of pyridine rings is 1. The minimum absolute atomic E-state index is 0. The van der Waals surface area contributed by atoms with E-state index in [2.05, 4.69) is 29.7 Å². The summed E-state index contributed by atoms with van der Waals surface area (Å²) in [4.78, 5) is 18.0. The zero-order valence-corrected chi connectivity index (χ0v) is 17.7. The number of rotatable bonds is 6. The summed E-state index contributed by atoms with van der Waals surface area (Å²) in [6, 6.07) is 14.4. The molecule has 0 amide bonds. The van der Waals surface area contributed by atoms with Gasteiger partial charge in [0, 0.05) is 24.5 Å². The molecule has 0 spiro atoms. The fourth-order valence-corrected chi connectivity index (χ4v) is 3.89. The maximum absolute atomic E-state index is 13.2. The normalized spacial score (nSPS) is 16.4. The van der Waals surface area contributed by atoms with E-state index in [0.717, 1.165) is 54.9 Å². The van der Waals surface area contributed by atoms with Crippen LogP contribution in [0.15, 0.2) is 53.5 Å². The molecule has 0 bridgehead atoms. The van der Waals surface area contributed by atoms with Gasteiger partial charge in [-0.3, -0.25) is 9.20 Å². The van der Waals surface area contributed by atoms with Crippen LogP contribution in [0.25, 0.3) is 16.8 Å². The number of halogens is 1. The molecular formula is C23H29ClN4O. The van der Waals surface area contributed by atoms with Crippen LogP contribution in [0.5, 0.6) is 0 Å². The molecule has 5 nitrogen and oxygen atoms in total. The number of unbranched alkanes of at least 4 members (excludes halogenated alkanes) is 1. The molecule has 1 aliphatic heterocycles. The molecule has 1 saturated heterocycles. The molecule has 1 aromatic carbocycles. The van der Waals surface area contributed by atoms with Gasteiger partial charge in [-0.2, -0.15) is 0 Å². The van der Waals surface area contributed by atoms with Crippen molar-refractivity contribution in [3.63, 3.8) is 0 Å². The molecule has 4 rings (SSSR count). The average Bonchev–Trinajstić information content (AvgIpc) is 2.74. The minimum atomic E-state index is 0. The SMILES string of the molecule is CCCCc1nc2ccccn2c(=O)c1-c1ccc(N[C@@H]2CCCNC2)cc1.Cl. The highest BCUT2D eigenvalue weighted by Gasteiger charge is 2.16. The maximum atomic E-state index is 13.2. The predicted molar refractivity (Wildman–Crippen MR) is 122 cm³/mol. The number of hydrogen-bond acceptors (Lipinski definition) is 4. The van der Waals surface area contributed by atoms with Crippen molar-refractivity contribution in [2.24, 2.45) is 0 Å². The lowest BCUT2D eigenvalue weighted by Crippen LogP contribution is -2.38. The quantitative estimate of drug-likeness (QED) is 0.634. The lowest BCUT2D eigenvalue weighted by Gasteiger charge is -2.24. The lowest BCUT2D eigenvalue weighted by atomic mass is 10.0. The third-order valence-corrected chi connectivity index (χ3v) is 5.42. The van der Waals surface area contributed by atoms with Crippen molar-refractivity contribution in [1.82, 2.24) is 14.7 Å². The third-order valence-electron chi connectivity index (χ3n) is 5.42. The summed E-state index contributed by atoms with van der Waals surface area (Å²) in [5.74, 6) is 0. The molecule has 0 aliphatic carbocycles. The summed E-state index contributed by atoms with van der Waals surface area (Å²) in [5.41, 5.74) is 4.38. The van der Waals surface area contributed by atoms with Crippen LogP contribution >= 0.6 is 12.4 Å². The van der Waals surface area contributed by atoms with Crippen molar-refractivity contribution in [2.75, 3.05) is 18.4 Å². The first-order chi connectivity index (χ1) is 13.8. The zero-order valence-electron chi connectivity index (χ0n) is 16.9. The average molecular weight is 413 g/mol. The van der Waals surface area contributed by atoms with Gasteiger partial charge in [0.25, 0.3) is 5.56 Å². The van der Waals surface area contributed by atoms with Gasteiger partial charge in [-0.25, -0.2) is 4.98 Å². The topological polar surface area (TPSA) is 58.4 Å². The molecule has 6 heteroatoms. The largest absolute Gasteiger partial charge is 0.381 e. The number of benzene rings is 1. The first-order valence-corrected chi connectivity index (χ1v) is 10.3. The third kappa shape index (κ3) is 4.80. The van der Waals surface area contributed by atoms with E-state index in [1.807, 2.05) is 30.3 Å². The van der Waals surface area contributed by atoms with E-state index < -0.39 is 0 Å². The van der Waals surface area contributed by atoms with E-state index in [4.69, 9.17) is 4.98 Å². The molecule has 1 fully saturated rings. The summed E-state index contributed by atoms with van der Waals surface area (Å²) in [6.07, 6.45) is 7.11. The molecule has 29 heavy (non-hydrogen) atoms. The number of aromatic nitrogens is 2. The van der Waals surface area contributed by atoms with Gasteiger partial charge in [0.1, 0.15) is 5.65 Å². The Kier molecular flexibility index (Phi) is 7.29. The molecule has 3 aromatic rings. The van der Waals surface area contributed by atoms with E-state index in [-0.39, 0.29) is 18.0 Å². The van der Waals surface area contributed by atoms with Crippen LogP contribution in [-0.4, -0.2) is 28.5 Å². The van der Waals surface area contributed by atoms with Crippen molar-refractivity contribution in [1.29, 1.82) is 0 Å². The van der Waals surface area contributed by atoms with E-state index in [1.165, 1.54) is 12.8 Å². The molecule has 1 aliphatic rings. The van der Waals surface area contributed by atoms with Crippen molar-refractivity contribution < 1.29 is 0 Å². The Morgan fingerprint density at radius 2 is 2.03 bits per heavy atom. The summed E-state index contributed by atoms with van der Waals surface area (Å²) in [7, 11) is 0. The standard InChI is InChI=1S/C23H28N4O.ClH/c1-2-3-8-20-22(23(28)27-15-5-4-9-21(27)26-20)17-10-12-18(13-11-17)25-19-7-6-14-24-16-19;/h4-5,9-13,15,19,24-25H,2-3,6-8,14,16H2,1H3;1H/t19-;/m1./s1. The van der Waals surface area contributed by atoms with Crippen molar-refractivity contribution >= 4 is 23.7 Å². The number of nitrogens with zero attached hydrogens (tertiary/aromatic N) is 2. The number of hydrogen-bond donors (Lipinski definition) is 2. The summed E-state index contributed by atoms with van der Waals surface area (Å²) in [5, 5.41) is 7.02. The van der Waals surface area contributed by atoms with Gasteiger partial charge < -0.3 is 10.6 Å². The van der Waals surface area contributed by atoms with Gasteiger partial charge in [0.2, 0.25) is 0 Å². The van der Waals surface area contributed by atoms with Gasteiger partial charge in [0.05, 0.1) is 11.3 Å². The molecular weight excluding hydrogens is 384 g/mol. The molecule has 0 radical (unpaired) electrons. The molecule has 2 N–H and O–H groups in total. The maximum Gasteiger partial charge on any atom is 0.265 e. The van der Waals surface area contributed by atoms with Gasteiger partial charge in [-0.15, -0.1) is 12.4 Å². The van der Waals surface area contributed by atoms with Gasteiger partial charge in [-0.1, -0.05) is 31.5 Å². The Morgan fingerprint density at radius 1 is 1.21 bits per heavy atom. The van der Waals surface area contributed by atoms with Gasteiger partial charge in [-0.05, 0) is 62.1 Å². The smallest absolute Gasteiger partial charge is 0.265 e. The second-order valence-electron chi connectivity index (χ2n) is 7.54. The number of anilines is 1. The van der Waals surface area contributed by atoms with Crippen molar-refractivity contribution in [3.8, 4) is 11.1 Å². The van der Waals surface area contributed by atoms with Crippen LogP contribution in [-0.2, 0) is 6.42 Å². The van der Waals surface area contributed by atoms with Crippen LogP contribution in [0.2, 0.25) is 0 Å². The summed E-state index contributed by atoms with van der Waals surface area (Å²) < 4.78 is 1.64. The Hall–Kier alpha value is -2.37. The molecule has 1 atom stereocenters. The number of nitrogens with one attached hydrogen (secondary N) is 2. The monoisotopic (exact) mass is 412 g/mol. The highest BCUT2D eigenvalue weighted by Crippen LogP contribution is 2.24. The van der Waals surface area contributed by atoms with Gasteiger partial charge >= 0.3 is 0 Å². The second kappa shape index (κ2) is 9.90. The highest BCUT2D eigenvalue weighted by molar-refractivity contribution is 5.85. The van der Waals surface area contributed by atoms with Crippen LogP contribution in [0.4, 0.5) is 5.69 Å². The second-order valence-corrected chi connectivity index (χ2v) is 7.54. The molecule has 154 valence electrons. The highest BCUT2D eigenvalue weighted by atomic mass is 35.5. The Balaban J connectivity index is 0.00000240. The molecule has 0 saturated carbocycles. The lowest BCUT2D eigenvalue weighted by molar-refractivity contribution is 0.480. The van der Waals surface area contributed by atoms with E-state index in [9.17, 15) is 4.79 Å². The zero-order chi connectivity index (χ0) is 19.3. The van der Waals surface area contributed by atoms with Gasteiger partial charge in [0.15, 0.2) is 0 Å². The number of fused-ring (bicyclic) bond motifs is 1. The molecule has 0 unspecified atom stereocenters. The van der Waals surface area contributed by atoms with Crippen LogP contribution < -0.4 is 16.2 Å². The Morgan fingerprint density at radius 3 is 2.76 bits per heavy atom. The number of piperidine rings is 1. The first-order valence-electron chi connectivity index (χ1n) is 10.3. The predicted octanol–water partition coefficient (Wildman–Crippen LogP) is 4.29. The number of aryl methyl sites for hydroxylation is 1. The van der Waals surface area contributed by atoms with Crippen LogP contribution in [0.3, 0.4) is 0 Å². The van der Waals surface area contributed by atoms with E-state index in [1.54, 1.807) is 10.6 Å². The first kappa shape index (κ1) is 21.3. The van der Waals surface area contributed by atoms with Crippen LogP contribution in [0.1, 0.15) is 38.3 Å². The Bertz CT molecular complexity index is 994. The fraction of sp³-hybridized carbons (Fsp3) is 0.391. The summed E-state index contributed by atoms with van der Waals surface area (Å²) >= 11 is 0. The summed E-state index contributed by atoms with van der Waals surface area (Å²) in [6.45, 7) is 4.27. The molecule has 2 aromatic heterocycles. The van der Waals surface area contributed by atoms with Crippen molar-refractivity contribution in [3.05, 3.63) is 64.7 Å². The minimum Gasteiger partial charge on any atom is -0.381 e. The fourth-order valence-electron chi connectivity index (χ4n) is 3.89. The van der Waals surface area contributed by atoms with E-state index in [0.29, 0.717) is 11.7 Å².